The second-order valence-corrected chi connectivity index (χ2v) is 4.74. The average molecular weight is 274 g/mol. The molecule has 5 heteroatoms. The van der Waals surface area contributed by atoms with E-state index in [2.05, 4.69) is 50.4 Å². The van der Waals surface area contributed by atoms with Crippen LogP contribution in [-0.4, -0.2) is 22.6 Å². The highest BCUT2D eigenvalue weighted by atomic mass is 79.9. The fourth-order valence-corrected chi connectivity index (χ4v) is 2.29. The van der Waals surface area contributed by atoms with Gasteiger partial charge in [-0.2, -0.15) is 0 Å². The molecule has 78 valence electrons. The zero-order valence-corrected chi connectivity index (χ0v) is 10.2. The summed E-state index contributed by atoms with van der Waals surface area (Å²) in [5.41, 5.74) is 2.79. The van der Waals surface area contributed by atoms with E-state index in [0.717, 1.165) is 11.6 Å². The van der Waals surface area contributed by atoms with Crippen molar-refractivity contribution < 1.29 is 0 Å². The molecule has 2 radical (unpaired) electrons. The molecule has 1 aliphatic carbocycles. The summed E-state index contributed by atoms with van der Waals surface area (Å²) in [5, 5.41) is 7.67. The Hall–Kier alpha value is -1.10. The number of hydrogen-bond donors (Lipinski definition) is 0. The molecule has 2 aromatic rings. The molecule has 3 rings (SSSR count). The van der Waals surface area contributed by atoms with Crippen LogP contribution in [0, 0.1) is 0 Å². The van der Waals surface area contributed by atoms with E-state index in [1.807, 2.05) is 0 Å². The highest BCUT2D eigenvalue weighted by molar-refractivity contribution is 9.10. The number of rotatable bonds is 2. The third-order valence-electron chi connectivity index (χ3n) is 2.85. The van der Waals surface area contributed by atoms with E-state index in [0.29, 0.717) is 10.5 Å². The molecule has 16 heavy (non-hydrogen) atoms. The molecule has 0 spiro atoms. The van der Waals surface area contributed by atoms with Gasteiger partial charge in [0.1, 0.15) is 0 Å². The van der Waals surface area contributed by atoms with Crippen LogP contribution < -0.4 is 5.72 Å². The van der Waals surface area contributed by atoms with Crippen molar-refractivity contribution in [2.45, 2.75) is 18.8 Å². The van der Waals surface area contributed by atoms with Crippen molar-refractivity contribution in [2.24, 2.45) is 0 Å². The van der Waals surface area contributed by atoms with Crippen LogP contribution >= 0.6 is 15.9 Å². The van der Waals surface area contributed by atoms with E-state index in [1.54, 1.807) is 4.57 Å². The van der Waals surface area contributed by atoms with E-state index in [4.69, 9.17) is 7.85 Å². The highest BCUT2D eigenvalue weighted by Crippen LogP contribution is 2.40. The van der Waals surface area contributed by atoms with Gasteiger partial charge in [0.05, 0.1) is 5.72 Å². The number of benzene rings is 1. The highest BCUT2D eigenvalue weighted by Gasteiger charge is 2.23. The first-order valence-electron chi connectivity index (χ1n) is 5.22. The van der Waals surface area contributed by atoms with Crippen molar-refractivity contribution in [1.82, 2.24) is 14.8 Å². The third-order valence-corrected chi connectivity index (χ3v) is 3.36. The van der Waals surface area contributed by atoms with Crippen molar-refractivity contribution in [3.63, 3.8) is 0 Å². The lowest BCUT2D eigenvalue weighted by Gasteiger charge is -2.06. The van der Waals surface area contributed by atoms with Crippen molar-refractivity contribution in [2.75, 3.05) is 0 Å². The van der Waals surface area contributed by atoms with Crippen LogP contribution in [0.4, 0.5) is 0 Å². The van der Waals surface area contributed by atoms with E-state index >= 15 is 0 Å². The molecule has 1 aromatic carbocycles. The molecule has 0 amide bonds. The first kappa shape index (κ1) is 10.1. The molecule has 0 N–H and O–H groups in total. The zero-order chi connectivity index (χ0) is 11.1. The Kier molecular flexibility index (Phi) is 2.35. The monoisotopic (exact) mass is 273 g/mol. The van der Waals surface area contributed by atoms with Gasteiger partial charge in [-0.05, 0) is 52.4 Å². The molecule has 3 nitrogen and oxygen atoms in total. The first-order chi connectivity index (χ1) is 7.75. The zero-order valence-electron chi connectivity index (χ0n) is 8.60. The van der Waals surface area contributed by atoms with Gasteiger partial charge in [0.2, 0.25) is 4.73 Å². The van der Waals surface area contributed by atoms with Crippen molar-refractivity contribution >= 4 is 29.5 Å². The van der Waals surface area contributed by atoms with Crippen LogP contribution in [0.1, 0.15) is 24.3 Å². The van der Waals surface area contributed by atoms with Crippen LogP contribution in [-0.2, 0) is 0 Å². The fourth-order valence-electron chi connectivity index (χ4n) is 1.83. The van der Waals surface area contributed by atoms with Crippen molar-refractivity contribution in [3.8, 4) is 5.69 Å². The summed E-state index contributed by atoms with van der Waals surface area (Å²) >= 11 is 3.32. The van der Waals surface area contributed by atoms with E-state index in [9.17, 15) is 0 Å². The normalized spacial score (nSPS) is 15.3. The first-order valence-corrected chi connectivity index (χ1v) is 6.02. The molecular formula is C11H9BBrN3. The lowest BCUT2D eigenvalue weighted by atomic mass is 10.1. The van der Waals surface area contributed by atoms with Crippen LogP contribution in [0.5, 0.6) is 0 Å². The van der Waals surface area contributed by atoms with Gasteiger partial charge in [0.25, 0.3) is 0 Å². The third kappa shape index (κ3) is 1.69. The summed E-state index contributed by atoms with van der Waals surface area (Å²) in [4.78, 5) is 0. The summed E-state index contributed by atoms with van der Waals surface area (Å²) in [7, 11) is 5.74. The lowest BCUT2D eigenvalue weighted by molar-refractivity contribution is 1.02. The summed E-state index contributed by atoms with van der Waals surface area (Å²) in [6.07, 6.45) is 2.63. The van der Waals surface area contributed by atoms with Gasteiger partial charge in [-0.25, -0.2) is 0 Å². The van der Waals surface area contributed by atoms with Crippen molar-refractivity contribution in [1.29, 1.82) is 0 Å². The molecule has 1 heterocycles. The molecule has 0 saturated heterocycles. The maximum absolute atomic E-state index is 5.74. The molecule has 1 aliphatic rings. The largest absolute Gasteiger partial charge is 0.283 e. The van der Waals surface area contributed by atoms with Crippen LogP contribution in [0.2, 0.25) is 0 Å². The minimum absolute atomic E-state index is 0.394. The molecule has 0 aliphatic heterocycles. The van der Waals surface area contributed by atoms with Crippen LogP contribution in [0.15, 0.2) is 29.0 Å². The second-order valence-electron chi connectivity index (χ2n) is 4.03. The SMILES string of the molecule is [B]c1nnc(Br)n1-c1ccc(C2CC2)cc1. The summed E-state index contributed by atoms with van der Waals surface area (Å²) in [6.45, 7) is 0. The topological polar surface area (TPSA) is 30.7 Å². The van der Waals surface area contributed by atoms with Crippen molar-refractivity contribution in [3.05, 3.63) is 34.6 Å². The maximum atomic E-state index is 5.74. The molecule has 0 unspecified atom stereocenters. The standard InChI is InChI=1S/C11H9BBrN3/c12-10-14-15-11(13)16(10)9-5-3-8(4-6-9)7-1-2-7/h3-7H,1-2H2. The summed E-state index contributed by atoms with van der Waals surface area (Å²) in [5.74, 6) is 0.774. The Bertz CT molecular complexity index is 497. The Labute approximate surface area is 103 Å². The average Bonchev–Trinajstić information content (AvgIpc) is 3.07. The maximum Gasteiger partial charge on any atom is 0.203 e. The quantitative estimate of drug-likeness (QED) is 0.780. The molecular weight excluding hydrogens is 265 g/mol. The number of nitrogens with zero attached hydrogens (tertiary/aromatic N) is 3. The number of aromatic nitrogens is 3. The Balaban J connectivity index is 2.00. The Morgan fingerprint density at radius 3 is 2.38 bits per heavy atom. The van der Waals surface area contributed by atoms with Gasteiger partial charge in [0, 0.05) is 5.69 Å². The fraction of sp³-hybridized carbons (Fsp3) is 0.273. The molecule has 0 bridgehead atoms. The minimum atomic E-state index is 0.394. The summed E-state index contributed by atoms with van der Waals surface area (Å²) < 4.78 is 2.40. The van der Waals surface area contributed by atoms with Gasteiger partial charge < -0.3 is 0 Å². The predicted octanol–water partition coefficient (Wildman–Crippen LogP) is 1.70. The molecule has 0 atom stereocenters. The second kappa shape index (κ2) is 3.73. The predicted molar refractivity (Wildman–Crippen MR) is 66.4 cm³/mol. The van der Waals surface area contributed by atoms with Gasteiger partial charge in [0.15, 0.2) is 7.85 Å². The number of hydrogen-bond acceptors (Lipinski definition) is 2. The van der Waals surface area contributed by atoms with Gasteiger partial charge >= 0.3 is 0 Å². The molecule has 1 saturated carbocycles. The Morgan fingerprint density at radius 2 is 1.88 bits per heavy atom. The Morgan fingerprint density at radius 1 is 1.19 bits per heavy atom. The minimum Gasteiger partial charge on any atom is -0.283 e. The smallest absolute Gasteiger partial charge is 0.203 e. The van der Waals surface area contributed by atoms with Crippen LogP contribution in [0.3, 0.4) is 0 Å². The van der Waals surface area contributed by atoms with E-state index in [1.165, 1.54) is 18.4 Å². The van der Waals surface area contributed by atoms with E-state index in [-0.39, 0.29) is 0 Å². The van der Waals surface area contributed by atoms with Crippen LogP contribution in [0.25, 0.3) is 5.69 Å². The lowest BCUT2D eigenvalue weighted by Crippen LogP contribution is -2.17. The van der Waals surface area contributed by atoms with Gasteiger partial charge in [-0.15, -0.1) is 10.2 Å². The van der Waals surface area contributed by atoms with E-state index < -0.39 is 0 Å². The van der Waals surface area contributed by atoms with Gasteiger partial charge in [-0.3, -0.25) is 4.57 Å². The number of halogens is 1. The molecule has 1 aromatic heterocycles. The summed E-state index contributed by atoms with van der Waals surface area (Å²) in [6, 6.07) is 8.41. The molecule has 1 fully saturated rings. The van der Waals surface area contributed by atoms with Gasteiger partial charge in [-0.1, -0.05) is 12.1 Å².